The van der Waals surface area contributed by atoms with Crippen molar-refractivity contribution in [3.05, 3.63) is 17.9 Å². The van der Waals surface area contributed by atoms with Gasteiger partial charge >= 0.3 is 0 Å². The fraction of sp³-hybridized carbons (Fsp3) is 0.250. The molecule has 5 nitrogen and oxygen atoms in total. The quantitative estimate of drug-likeness (QED) is 0.870. The number of hydrogen-bond acceptors (Lipinski definition) is 5. The van der Waals surface area contributed by atoms with E-state index in [0.717, 1.165) is 0 Å². The Morgan fingerprint density at radius 2 is 2.32 bits per heavy atom. The van der Waals surface area contributed by atoms with Crippen LogP contribution in [0.4, 0.5) is 15.2 Å². The summed E-state index contributed by atoms with van der Waals surface area (Å²) in [7, 11) is 0. The van der Waals surface area contributed by atoms with E-state index in [1.165, 1.54) is 22.4 Å². The molecule has 1 aromatic carbocycles. The lowest BCUT2D eigenvalue weighted by atomic mass is 10.1. The van der Waals surface area contributed by atoms with Gasteiger partial charge in [-0.3, -0.25) is 4.79 Å². The Bertz CT molecular complexity index is 696. The summed E-state index contributed by atoms with van der Waals surface area (Å²) in [5.41, 5.74) is 6.20. The molecular weight excluding hydrogens is 267 g/mol. The summed E-state index contributed by atoms with van der Waals surface area (Å²) >= 11 is 1.18. The molecular formula is C12H11FN4OS. The second-order valence-electron chi connectivity index (χ2n) is 4.48. The Hall–Kier alpha value is -2.02. The number of benzene rings is 1. The number of nitrogens with two attached hydrogens (primary N) is 1. The molecule has 1 amide bonds. The van der Waals surface area contributed by atoms with Crippen LogP contribution in [-0.4, -0.2) is 17.1 Å². The van der Waals surface area contributed by atoms with Crippen LogP contribution in [0.5, 0.6) is 0 Å². The molecule has 1 aliphatic heterocycles. The van der Waals surface area contributed by atoms with Crippen LogP contribution in [0.15, 0.2) is 17.2 Å². The van der Waals surface area contributed by atoms with Crippen LogP contribution in [0.25, 0.3) is 10.2 Å². The number of thiazole rings is 1. The number of rotatable bonds is 1. The summed E-state index contributed by atoms with van der Waals surface area (Å²) in [6, 6.07) is 2.93. The maximum atomic E-state index is 13.9. The summed E-state index contributed by atoms with van der Waals surface area (Å²) in [6.07, 6.45) is 2.05. The average Bonchev–Trinajstić information content (AvgIpc) is 2.70. The van der Waals surface area contributed by atoms with Crippen LogP contribution in [0.1, 0.15) is 13.3 Å². The molecule has 2 heterocycles. The Labute approximate surface area is 112 Å². The standard InChI is InChI=1S/C12H11FN4OS/c1-6-2-10(18)17(15-5-6)7-3-8(13)11-9(4-7)19-12(14)16-11/h3-6H,2H2,1H3,(H2,14,16). The Kier molecular flexibility index (Phi) is 2.70. The highest BCUT2D eigenvalue weighted by molar-refractivity contribution is 7.22. The number of hydrogen-bond donors (Lipinski definition) is 1. The van der Waals surface area contributed by atoms with Gasteiger partial charge in [-0.25, -0.2) is 14.4 Å². The topological polar surface area (TPSA) is 71.6 Å². The average molecular weight is 278 g/mol. The lowest BCUT2D eigenvalue weighted by molar-refractivity contribution is -0.119. The van der Waals surface area contributed by atoms with Gasteiger partial charge < -0.3 is 5.73 Å². The third-order valence-electron chi connectivity index (χ3n) is 2.86. The van der Waals surface area contributed by atoms with Gasteiger partial charge in [0.25, 0.3) is 0 Å². The number of carbonyl (C=O) groups excluding carboxylic acids is 1. The zero-order chi connectivity index (χ0) is 13.6. The highest BCUT2D eigenvalue weighted by atomic mass is 32.1. The molecule has 0 saturated carbocycles. The fourth-order valence-corrected chi connectivity index (χ4v) is 2.77. The smallest absolute Gasteiger partial charge is 0.248 e. The Morgan fingerprint density at radius 3 is 3.05 bits per heavy atom. The van der Waals surface area contributed by atoms with Crippen LogP contribution < -0.4 is 10.7 Å². The van der Waals surface area contributed by atoms with E-state index in [1.54, 1.807) is 12.3 Å². The Balaban J connectivity index is 2.10. The van der Waals surface area contributed by atoms with Crippen molar-refractivity contribution in [1.82, 2.24) is 4.98 Å². The summed E-state index contributed by atoms with van der Waals surface area (Å²) < 4.78 is 14.5. The molecule has 0 radical (unpaired) electrons. The molecule has 0 fully saturated rings. The van der Waals surface area contributed by atoms with E-state index in [4.69, 9.17) is 5.73 Å². The Morgan fingerprint density at radius 1 is 1.53 bits per heavy atom. The number of anilines is 2. The minimum atomic E-state index is -0.498. The summed E-state index contributed by atoms with van der Waals surface area (Å²) in [5.74, 6) is -0.537. The van der Waals surface area contributed by atoms with Gasteiger partial charge in [-0.15, -0.1) is 0 Å². The molecule has 19 heavy (non-hydrogen) atoms. The number of hydrazone groups is 1. The largest absolute Gasteiger partial charge is 0.375 e. The predicted molar refractivity (Wildman–Crippen MR) is 73.7 cm³/mol. The highest BCUT2D eigenvalue weighted by Crippen LogP contribution is 2.31. The van der Waals surface area contributed by atoms with Crippen LogP contribution in [-0.2, 0) is 4.79 Å². The molecule has 3 rings (SSSR count). The molecule has 0 bridgehead atoms. The molecule has 1 unspecified atom stereocenters. The zero-order valence-corrected chi connectivity index (χ0v) is 10.9. The van der Waals surface area contributed by atoms with E-state index < -0.39 is 5.82 Å². The van der Waals surface area contributed by atoms with Crippen molar-refractivity contribution in [2.24, 2.45) is 11.0 Å². The second-order valence-corrected chi connectivity index (χ2v) is 5.54. The van der Waals surface area contributed by atoms with Crippen molar-refractivity contribution in [3.63, 3.8) is 0 Å². The van der Waals surface area contributed by atoms with Crippen LogP contribution in [0.3, 0.4) is 0 Å². The van der Waals surface area contributed by atoms with Gasteiger partial charge in [-0.2, -0.15) is 5.10 Å². The number of amides is 1. The predicted octanol–water partition coefficient (Wildman–Crippen LogP) is 2.38. The summed E-state index contributed by atoms with van der Waals surface area (Å²) in [6.45, 7) is 1.91. The third kappa shape index (κ3) is 2.06. The molecule has 2 aromatic rings. The van der Waals surface area contributed by atoms with Gasteiger partial charge in [0.1, 0.15) is 5.52 Å². The van der Waals surface area contributed by atoms with Crippen molar-refractivity contribution in [2.75, 3.05) is 10.7 Å². The van der Waals surface area contributed by atoms with Crippen molar-refractivity contribution in [2.45, 2.75) is 13.3 Å². The van der Waals surface area contributed by atoms with Crippen molar-refractivity contribution >= 4 is 44.5 Å². The molecule has 1 aromatic heterocycles. The molecule has 0 aliphatic carbocycles. The monoisotopic (exact) mass is 278 g/mol. The number of nitrogens with zero attached hydrogens (tertiary/aromatic N) is 3. The van der Waals surface area contributed by atoms with Crippen molar-refractivity contribution in [1.29, 1.82) is 0 Å². The molecule has 0 spiro atoms. The van der Waals surface area contributed by atoms with E-state index >= 15 is 0 Å². The first-order chi connectivity index (χ1) is 9.04. The van der Waals surface area contributed by atoms with Gasteiger partial charge in [0.15, 0.2) is 10.9 Å². The number of halogens is 1. The van der Waals surface area contributed by atoms with Gasteiger partial charge in [0, 0.05) is 24.6 Å². The number of nitrogen functional groups attached to an aromatic ring is 1. The molecule has 98 valence electrons. The minimum Gasteiger partial charge on any atom is -0.375 e. The highest BCUT2D eigenvalue weighted by Gasteiger charge is 2.23. The van der Waals surface area contributed by atoms with Gasteiger partial charge in [0.2, 0.25) is 5.91 Å². The van der Waals surface area contributed by atoms with E-state index in [1.807, 2.05) is 6.92 Å². The molecule has 1 atom stereocenters. The number of carbonyl (C=O) groups is 1. The van der Waals surface area contributed by atoms with Crippen LogP contribution in [0, 0.1) is 11.7 Å². The van der Waals surface area contributed by atoms with Crippen molar-refractivity contribution in [3.8, 4) is 0 Å². The summed E-state index contributed by atoms with van der Waals surface area (Å²) in [4.78, 5) is 15.8. The maximum absolute atomic E-state index is 13.9. The fourth-order valence-electron chi connectivity index (χ4n) is 1.98. The molecule has 7 heteroatoms. The normalized spacial score (nSPS) is 19.4. The van der Waals surface area contributed by atoms with Gasteiger partial charge in [-0.05, 0) is 6.07 Å². The lowest BCUT2D eigenvalue weighted by Gasteiger charge is -2.22. The van der Waals surface area contributed by atoms with E-state index in [9.17, 15) is 9.18 Å². The first-order valence-electron chi connectivity index (χ1n) is 5.77. The van der Waals surface area contributed by atoms with Crippen LogP contribution in [0.2, 0.25) is 0 Å². The molecule has 2 N–H and O–H groups in total. The van der Waals surface area contributed by atoms with Crippen molar-refractivity contribution < 1.29 is 9.18 Å². The third-order valence-corrected chi connectivity index (χ3v) is 3.70. The van der Waals surface area contributed by atoms with Gasteiger partial charge in [0.05, 0.1) is 10.4 Å². The molecule has 1 aliphatic rings. The zero-order valence-electron chi connectivity index (χ0n) is 10.1. The molecule has 0 saturated heterocycles. The first kappa shape index (κ1) is 12.0. The maximum Gasteiger partial charge on any atom is 0.248 e. The SMILES string of the molecule is CC1C=NN(c2cc(F)c3nc(N)sc3c2)C(=O)C1. The lowest BCUT2D eigenvalue weighted by Crippen LogP contribution is -2.31. The minimum absolute atomic E-state index is 0.108. The second kappa shape index (κ2) is 4.27. The first-order valence-corrected chi connectivity index (χ1v) is 6.59. The number of fused-ring (bicyclic) bond motifs is 1. The number of aromatic nitrogens is 1. The van der Waals surface area contributed by atoms with Crippen LogP contribution >= 0.6 is 11.3 Å². The van der Waals surface area contributed by atoms with E-state index in [-0.39, 0.29) is 17.3 Å². The van der Waals surface area contributed by atoms with E-state index in [2.05, 4.69) is 10.1 Å². The van der Waals surface area contributed by atoms with Gasteiger partial charge in [-0.1, -0.05) is 18.3 Å². The van der Waals surface area contributed by atoms with E-state index in [0.29, 0.717) is 21.9 Å². The summed E-state index contributed by atoms with van der Waals surface area (Å²) in [5, 5.41) is 5.58.